The third kappa shape index (κ3) is 3.44. The van der Waals surface area contributed by atoms with Crippen LogP contribution in [0.15, 0.2) is 0 Å². The van der Waals surface area contributed by atoms with Crippen molar-refractivity contribution in [3.05, 3.63) is 28.8 Å². The van der Waals surface area contributed by atoms with Gasteiger partial charge in [-0.3, -0.25) is 0 Å². The van der Waals surface area contributed by atoms with Crippen LogP contribution in [0.1, 0.15) is 38.2 Å². The van der Waals surface area contributed by atoms with Crippen LogP contribution in [-0.4, -0.2) is 14.1 Å². The molecule has 20 heavy (non-hydrogen) atoms. The predicted octanol–water partition coefficient (Wildman–Crippen LogP) is 4.24. The van der Waals surface area contributed by atoms with Gasteiger partial charge in [-0.2, -0.15) is 0 Å². The van der Waals surface area contributed by atoms with Gasteiger partial charge in [-0.1, -0.05) is 31.6 Å². The van der Waals surface area contributed by atoms with E-state index in [9.17, 15) is 17.6 Å². The van der Waals surface area contributed by atoms with Gasteiger partial charge >= 0.3 is 0 Å². The van der Waals surface area contributed by atoms with Crippen molar-refractivity contribution >= 4 is 5.69 Å². The minimum atomic E-state index is -1.45. The van der Waals surface area contributed by atoms with Crippen LogP contribution in [0.3, 0.4) is 0 Å². The summed E-state index contributed by atoms with van der Waals surface area (Å²) >= 11 is 0. The number of unbranched alkanes of at least 4 members (excludes halogenated alkanes) is 3. The molecule has 0 aromatic heterocycles. The minimum absolute atomic E-state index is 0.436. The van der Waals surface area contributed by atoms with Crippen molar-refractivity contribution in [2.24, 2.45) is 0 Å². The Morgan fingerprint density at radius 1 is 0.900 bits per heavy atom. The maximum Gasteiger partial charge on any atom is 0.186 e. The highest BCUT2D eigenvalue weighted by molar-refractivity contribution is 5.54. The topological polar surface area (TPSA) is 3.24 Å². The molecule has 0 radical (unpaired) electrons. The van der Waals surface area contributed by atoms with Crippen LogP contribution >= 0.6 is 0 Å². The average molecular weight is 287 g/mol. The Labute approximate surface area is 116 Å². The number of halogens is 4. The number of nitrogens with zero attached hydrogens (tertiary/aromatic N) is 1. The Balaban J connectivity index is 3.16. The van der Waals surface area contributed by atoms with Crippen molar-refractivity contribution in [3.8, 4) is 11.8 Å². The van der Waals surface area contributed by atoms with Crippen LogP contribution in [0, 0.1) is 35.1 Å². The van der Waals surface area contributed by atoms with Gasteiger partial charge < -0.3 is 4.90 Å². The van der Waals surface area contributed by atoms with Gasteiger partial charge in [-0.15, -0.1) is 0 Å². The fourth-order valence-electron chi connectivity index (χ4n) is 1.74. The highest BCUT2D eigenvalue weighted by atomic mass is 19.2. The number of hydrogen-bond acceptors (Lipinski definition) is 1. The van der Waals surface area contributed by atoms with Crippen molar-refractivity contribution in [2.45, 2.75) is 32.6 Å². The molecule has 0 spiro atoms. The molecule has 0 saturated carbocycles. The molecule has 0 fully saturated rings. The van der Waals surface area contributed by atoms with Crippen molar-refractivity contribution in [1.29, 1.82) is 0 Å². The first-order valence-electron chi connectivity index (χ1n) is 6.43. The van der Waals surface area contributed by atoms with Crippen molar-refractivity contribution < 1.29 is 17.6 Å². The second-order valence-electron chi connectivity index (χ2n) is 4.63. The molecule has 0 amide bonds. The summed E-state index contributed by atoms with van der Waals surface area (Å²) in [6, 6.07) is 0. The summed E-state index contributed by atoms with van der Waals surface area (Å²) in [5.41, 5.74) is -1.58. The fraction of sp³-hybridized carbons (Fsp3) is 0.467. The molecule has 1 nitrogen and oxygen atoms in total. The summed E-state index contributed by atoms with van der Waals surface area (Å²) < 4.78 is 54.8. The first-order chi connectivity index (χ1) is 9.41. The van der Waals surface area contributed by atoms with Crippen LogP contribution in [0.2, 0.25) is 0 Å². The van der Waals surface area contributed by atoms with E-state index in [-0.39, 0.29) is 0 Å². The molecule has 0 saturated heterocycles. The molecule has 110 valence electrons. The van der Waals surface area contributed by atoms with Crippen LogP contribution in [-0.2, 0) is 0 Å². The van der Waals surface area contributed by atoms with Crippen LogP contribution < -0.4 is 4.90 Å². The van der Waals surface area contributed by atoms with Crippen molar-refractivity contribution in [3.63, 3.8) is 0 Å². The summed E-state index contributed by atoms with van der Waals surface area (Å²) in [6.45, 7) is 2.01. The summed E-state index contributed by atoms with van der Waals surface area (Å²) in [5, 5.41) is 0. The van der Waals surface area contributed by atoms with E-state index in [0.717, 1.165) is 24.2 Å². The van der Waals surface area contributed by atoms with E-state index < -0.39 is 34.5 Å². The molecular weight excluding hydrogens is 270 g/mol. The van der Waals surface area contributed by atoms with Gasteiger partial charge in [0.1, 0.15) is 11.3 Å². The van der Waals surface area contributed by atoms with Gasteiger partial charge in [0.15, 0.2) is 23.3 Å². The Kier molecular flexibility index (Phi) is 5.87. The minimum Gasteiger partial charge on any atom is -0.373 e. The first kappa shape index (κ1) is 16.4. The van der Waals surface area contributed by atoms with E-state index in [0.29, 0.717) is 6.42 Å². The standard InChI is InChI=1S/C15H17F4N/c1-4-5-6-7-8-9-10-11(16)13(18)15(20(2)3)14(19)12(10)17/h4-7H2,1-3H3. The molecule has 0 heterocycles. The van der Waals surface area contributed by atoms with Gasteiger partial charge in [-0.05, 0) is 6.42 Å². The molecule has 5 heteroatoms. The van der Waals surface area contributed by atoms with Crippen molar-refractivity contribution in [2.75, 3.05) is 19.0 Å². The number of anilines is 1. The summed E-state index contributed by atoms with van der Waals surface area (Å²) in [5.74, 6) is -1.01. The predicted molar refractivity (Wildman–Crippen MR) is 71.6 cm³/mol. The maximum absolute atomic E-state index is 13.7. The third-order valence-electron chi connectivity index (χ3n) is 2.81. The molecule has 1 aromatic carbocycles. The van der Waals surface area contributed by atoms with Crippen LogP contribution in [0.4, 0.5) is 23.2 Å². The smallest absolute Gasteiger partial charge is 0.186 e. The third-order valence-corrected chi connectivity index (χ3v) is 2.81. The zero-order chi connectivity index (χ0) is 15.3. The molecule has 0 aliphatic rings. The Morgan fingerprint density at radius 3 is 1.90 bits per heavy atom. The molecule has 0 bridgehead atoms. The Bertz CT molecular complexity index is 512. The van der Waals surface area contributed by atoms with E-state index in [1.807, 2.05) is 6.92 Å². The lowest BCUT2D eigenvalue weighted by Crippen LogP contribution is -2.16. The lowest BCUT2D eigenvalue weighted by molar-refractivity contribution is 0.451. The number of hydrogen-bond donors (Lipinski definition) is 0. The zero-order valence-corrected chi connectivity index (χ0v) is 11.8. The largest absolute Gasteiger partial charge is 0.373 e. The normalized spacial score (nSPS) is 10.2. The van der Waals surface area contributed by atoms with Gasteiger partial charge in [0, 0.05) is 20.5 Å². The highest BCUT2D eigenvalue weighted by Gasteiger charge is 2.25. The van der Waals surface area contributed by atoms with Crippen LogP contribution in [0.25, 0.3) is 0 Å². The zero-order valence-electron chi connectivity index (χ0n) is 11.8. The average Bonchev–Trinajstić information content (AvgIpc) is 2.39. The van der Waals surface area contributed by atoms with Crippen molar-refractivity contribution in [1.82, 2.24) is 0 Å². The molecular formula is C15H17F4N. The lowest BCUT2D eigenvalue weighted by atomic mass is 10.1. The summed E-state index contributed by atoms with van der Waals surface area (Å²) in [7, 11) is 2.60. The van der Waals surface area contributed by atoms with Crippen LogP contribution in [0.5, 0.6) is 0 Å². The molecule has 0 N–H and O–H groups in total. The lowest BCUT2D eigenvalue weighted by Gasteiger charge is -2.16. The van der Waals surface area contributed by atoms with E-state index in [2.05, 4.69) is 11.8 Å². The quantitative estimate of drug-likeness (QED) is 0.346. The van der Waals surface area contributed by atoms with Gasteiger partial charge in [0.2, 0.25) is 0 Å². The van der Waals surface area contributed by atoms with E-state index in [4.69, 9.17) is 0 Å². The highest BCUT2D eigenvalue weighted by Crippen LogP contribution is 2.29. The molecule has 0 aliphatic heterocycles. The first-order valence-corrected chi connectivity index (χ1v) is 6.43. The summed E-state index contributed by atoms with van der Waals surface area (Å²) in [4.78, 5) is 0.981. The molecule has 0 aliphatic carbocycles. The van der Waals surface area contributed by atoms with E-state index >= 15 is 0 Å². The number of benzene rings is 1. The second-order valence-corrected chi connectivity index (χ2v) is 4.63. The maximum atomic E-state index is 13.7. The Morgan fingerprint density at radius 2 is 1.45 bits per heavy atom. The summed E-state index contributed by atoms with van der Waals surface area (Å²) in [6.07, 6.45) is 3.16. The van der Waals surface area contributed by atoms with Gasteiger partial charge in [0.05, 0.1) is 0 Å². The molecule has 0 unspecified atom stereocenters. The number of rotatable bonds is 4. The van der Waals surface area contributed by atoms with E-state index in [1.54, 1.807) is 0 Å². The fourth-order valence-corrected chi connectivity index (χ4v) is 1.74. The monoisotopic (exact) mass is 287 g/mol. The molecule has 1 aromatic rings. The SMILES string of the molecule is CCCCCC#Cc1c(F)c(F)c(N(C)C)c(F)c1F. The molecule has 0 atom stereocenters. The second kappa shape index (κ2) is 7.18. The van der Waals surface area contributed by atoms with Gasteiger partial charge in [0.25, 0.3) is 0 Å². The van der Waals surface area contributed by atoms with Gasteiger partial charge in [-0.25, -0.2) is 17.6 Å². The molecule has 1 rings (SSSR count). The van der Waals surface area contributed by atoms with E-state index in [1.165, 1.54) is 14.1 Å². The Hall–Kier alpha value is -1.70.